The number of hydrogen-bond acceptors (Lipinski definition) is 4. The third kappa shape index (κ3) is 2.23. The molecule has 2 N–H and O–H groups in total. The molecular formula is C10H9N3O2S. The molecule has 16 heavy (non-hydrogen) atoms. The minimum Gasteiger partial charge on any atom is -0.245 e. The molecule has 0 fully saturated rings. The van der Waals surface area contributed by atoms with E-state index in [1.165, 1.54) is 18.5 Å². The molecule has 0 atom stereocenters. The van der Waals surface area contributed by atoms with Gasteiger partial charge in [-0.25, -0.2) is 23.5 Å². The average Bonchev–Trinajstić information content (AvgIpc) is 2.29. The second-order valence-corrected chi connectivity index (χ2v) is 4.73. The predicted molar refractivity (Wildman–Crippen MR) is 58.8 cm³/mol. The number of hydrogen-bond donors (Lipinski definition) is 1. The molecule has 0 radical (unpaired) electrons. The molecule has 0 saturated heterocycles. The fraction of sp³-hybridized carbons (Fsp3) is 0. The van der Waals surface area contributed by atoms with Gasteiger partial charge in [0.15, 0.2) is 0 Å². The SMILES string of the molecule is NS(=O)(=O)c1ccc(-c2ccncn2)cc1. The van der Waals surface area contributed by atoms with Crippen LogP contribution in [0.5, 0.6) is 0 Å². The van der Waals surface area contributed by atoms with E-state index in [9.17, 15) is 8.42 Å². The van der Waals surface area contributed by atoms with Crippen LogP contribution in [0.1, 0.15) is 0 Å². The van der Waals surface area contributed by atoms with E-state index in [-0.39, 0.29) is 4.90 Å². The molecule has 0 aliphatic rings. The van der Waals surface area contributed by atoms with Crippen LogP contribution in [0.25, 0.3) is 11.3 Å². The number of aromatic nitrogens is 2. The van der Waals surface area contributed by atoms with E-state index < -0.39 is 10.0 Å². The predicted octanol–water partition coefficient (Wildman–Crippen LogP) is 0.791. The molecule has 5 nitrogen and oxygen atoms in total. The molecule has 82 valence electrons. The van der Waals surface area contributed by atoms with Crippen LogP contribution in [0, 0.1) is 0 Å². The van der Waals surface area contributed by atoms with Crippen molar-refractivity contribution < 1.29 is 8.42 Å². The highest BCUT2D eigenvalue weighted by atomic mass is 32.2. The minimum absolute atomic E-state index is 0.0882. The van der Waals surface area contributed by atoms with Gasteiger partial charge in [0, 0.05) is 11.8 Å². The Labute approximate surface area is 93.0 Å². The van der Waals surface area contributed by atoms with E-state index in [1.54, 1.807) is 24.4 Å². The first kappa shape index (κ1) is 10.7. The van der Waals surface area contributed by atoms with Crippen LogP contribution in [-0.2, 0) is 10.0 Å². The molecular weight excluding hydrogens is 226 g/mol. The van der Waals surface area contributed by atoms with E-state index in [0.717, 1.165) is 11.3 Å². The molecule has 0 spiro atoms. The summed E-state index contributed by atoms with van der Waals surface area (Å²) in [6.45, 7) is 0. The van der Waals surface area contributed by atoms with Crippen LogP contribution in [0.3, 0.4) is 0 Å². The summed E-state index contributed by atoms with van der Waals surface area (Å²) in [4.78, 5) is 7.94. The van der Waals surface area contributed by atoms with E-state index in [2.05, 4.69) is 9.97 Å². The monoisotopic (exact) mass is 235 g/mol. The topological polar surface area (TPSA) is 85.9 Å². The van der Waals surface area contributed by atoms with Gasteiger partial charge < -0.3 is 0 Å². The molecule has 0 saturated carbocycles. The van der Waals surface area contributed by atoms with Gasteiger partial charge >= 0.3 is 0 Å². The van der Waals surface area contributed by atoms with Gasteiger partial charge in [0.1, 0.15) is 6.33 Å². The summed E-state index contributed by atoms with van der Waals surface area (Å²) in [5.74, 6) is 0. The molecule has 0 amide bonds. The number of primary sulfonamides is 1. The lowest BCUT2D eigenvalue weighted by Gasteiger charge is -2.01. The lowest BCUT2D eigenvalue weighted by Crippen LogP contribution is -2.11. The van der Waals surface area contributed by atoms with Gasteiger partial charge in [-0.1, -0.05) is 12.1 Å². The zero-order valence-corrected chi connectivity index (χ0v) is 9.05. The van der Waals surface area contributed by atoms with Gasteiger partial charge in [0.05, 0.1) is 10.6 Å². The Hall–Kier alpha value is -1.79. The number of nitrogens with two attached hydrogens (primary N) is 1. The van der Waals surface area contributed by atoms with Crippen LogP contribution >= 0.6 is 0 Å². The van der Waals surface area contributed by atoms with E-state index in [0.29, 0.717) is 0 Å². The standard InChI is InChI=1S/C10H9N3O2S/c11-16(14,15)9-3-1-8(2-4-9)10-5-6-12-7-13-10/h1-7H,(H2,11,14,15). The van der Waals surface area contributed by atoms with Gasteiger partial charge in [-0.15, -0.1) is 0 Å². The second-order valence-electron chi connectivity index (χ2n) is 3.16. The Kier molecular flexibility index (Phi) is 2.67. The van der Waals surface area contributed by atoms with Crippen LogP contribution in [-0.4, -0.2) is 18.4 Å². The van der Waals surface area contributed by atoms with Gasteiger partial charge in [-0.3, -0.25) is 0 Å². The average molecular weight is 235 g/mol. The third-order valence-corrected chi connectivity index (χ3v) is 2.99. The summed E-state index contributed by atoms with van der Waals surface area (Å²) >= 11 is 0. The normalized spacial score (nSPS) is 11.3. The maximum atomic E-state index is 11.0. The highest BCUT2D eigenvalue weighted by molar-refractivity contribution is 7.89. The minimum atomic E-state index is -3.63. The fourth-order valence-corrected chi connectivity index (χ4v) is 1.79. The summed E-state index contributed by atoms with van der Waals surface area (Å²) < 4.78 is 22.1. The van der Waals surface area contributed by atoms with Crippen molar-refractivity contribution in [3.05, 3.63) is 42.9 Å². The Morgan fingerprint density at radius 3 is 2.25 bits per heavy atom. The van der Waals surface area contributed by atoms with E-state index >= 15 is 0 Å². The summed E-state index contributed by atoms with van der Waals surface area (Å²) in [5, 5.41) is 4.99. The molecule has 1 aromatic heterocycles. The van der Waals surface area contributed by atoms with Crippen molar-refractivity contribution in [2.24, 2.45) is 5.14 Å². The highest BCUT2D eigenvalue weighted by Crippen LogP contribution is 2.17. The molecule has 0 aliphatic heterocycles. The quantitative estimate of drug-likeness (QED) is 0.833. The van der Waals surface area contributed by atoms with Crippen LogP contribution in [0.4, 0.5) is 0 Å². The smallest absolute Gasteiger partial charge is 0.238 e. The van der Waals surface area contributed by atoms with Gasteiger partial charge in [0.2, 0.25) is 10.0 Å². The molecule has 1 aromatic carbocycles. The second kappa shape index (κ2) is 3.99. The van der Waals surface area contributed by atoms with Crippen molar-refractivity contribution in [2.75, 3.05) is 0 Å². The van der Waals surface area contributed by atoms with Gasteiger partial charge in [-0.2, -0.15) is 0 Å². The molecule has 1 heterocycles. The Morgan fingerprint density at radius 1 is 1.06 bits per heavy atom. The van der Waals surface area contributed by atoms with E-state index in [4.69, 9.17) is 5.14 Å². The Balaban J connectivity index is 2.41. The zero-order valence-electron chi connectivity index (χ0n) is 8.24. The van der Waals surface area contributed by atoms with Crippen LogP contribution in [0.15, 0.2) is 47.8 Å². The fourth-order valence-electron chi connectivity index (χ4n) is 1.28. The van der Waals surface area contributed by atoms with E-state index in [1.807, 2.05) is 0 Å². The highest BCUT2D eigenvalue weighted by Gasteiger charge is 2.07. The molecule has 0 bridgehead atoms. The molecule has 2 aromatic rings. The van der Waals surface area contributed by atoms with Crippen molar-refractivity contribution >= 4 is 10.0 Å². The Morgan fingerprint density at radius 2 is 1.75 bits per heavy atom. The van der Waals surface area contributed by atoms with Crippen molar-refractivity contribution in [3.63, 3.8) is 0 Å². The third-order valence-electron chi connectivity index (χ3n) is 2.06. The van der Waals surface area contributed by atoms with Crippen LogP contribution < -0.4 is 5.14 Å². The zero-order chi connectivity index (χ0) is 11.6. The van der Waals surface area contributed by atoms with Crippen molar-refractivity contribution in [1.29, 1.82) is 0 Å². The molecule has 2 rings (SSSR count). The van der Waals surface area contributed by atoms with Crippen molar-refractivity contribution in [1.82, 2.24) is 9.97 Å². The molecule has 0 aliphatic carbocycles. The molecule has 0 unspecified atom stereocenters. The van der Waals surface area contributed by atoms with Gasteiger partial charge in [-0.05, 0) is 18.2 Å². The number of sulfonamides is 1. The first-order valence-electron chi connectivity index (χ1n) is 4.46. The van der Waals surface area contributed by atoms with Crippen molar-refractivity contribution in [2.45, 2.75) is 4.90 Å². The lowest BCUT2D eigenvalue weighted by molar-refractivity contribution is 0.598. The number of nitrogens with zero attached hydrogens (tertiary/aromatic N) is 2. The Bertz CT molecular complexity index is 579. The summed E-state index contributed by atoms with van der Waals surface area (Å²) in [6.07, 6.45) is 3.05. The largest absolute Gasteiger partial charge is 0.245 e. The van der Waals surface area contributed by atoms with Crippen molar-refractivity contribution in [3.8, 4) is 11.3 Å². The summed E-state index contributed by atoms with van der Waals surface area (Å²) in [5.41, 5.74) is 1.55. The maximum absolute atomic E-state index is 11.0. The maximum Gasteiger partial charge on any atom is 0.238 e. The molecule has 6 heteroatoms. The number of rotatable bonds is 2. The summed E-state index contributed by atoms with van der Waals surface area (Å²) in [6, 6.07) is 7.95. The summed E-state index contributed by atoms with van der Waals surface area (Å²) in [7, 11) is -3.63. The van der Waals surface area contributed by atoms with Crippen LogP contribution in [0.2, 0.25) is 0 Å². The first-order chi connectivity index (χ1) is 7.57. The number of benzene rings is 1. The lowest BCUT2D eigenvalue weighted by atomic mass is 10.1. The van der Waals surface area contributed by atoms with Gasteiger partial charge in [0.25, 0.3) is 0 Å². The first-order valence-corrected chi connectivity index (χ1v) is 6.01.